The normalized spacial score (nSPS) is 29.7. The molecule has 7 rings (SSSR count). The molecule has 5 aliphatic rings. The second-order valence-electron chi connectivity index (χ2n) is 11.8. The Labute approximate surface area is 238 Å². The lowest BCUT2D eigenvalue weighted by Gasteiger charge is -2.26. The van der Waals surface area contributed by atoms with E-state index in [1.165, 1.54) is 0 Å². The number of aliphatic carboxylic acids is 1. The molecule has 2 aromatic rings. The molecule has 0 bridgehead atoms. The maximum Gasteiger partial charge on any atom is 0.330 e. The first kappa shape index (κ1) is 25.7. The number of benzene rings is 2. The van der Waals surface area contributed by atoms with Gasteiger partial charge in [-0.3, -0.25) is 9.59 Å². The second kappa shape index (κ2) is 10.0. The van der Waals surface area contributed by atoms with Crippen LogP contribution in [0.25, 0.3) is 11.1 Å². The zero-order valence-corrected chi connectivity index (χ0v) is 22.8. The summed E-state index contributed by atoms with van der Waals surface area (Å²) < 4.78 is 0. The van der Waals surface area contributed by atoms with Gasteiger partial charge < -0.3 is 20.2 Å². The van der Waals surface area contributed by atoms with Crippen molar-refractivity contribution in [1.82, 2.24) is 10.2 Å². The van der Waals surface area contributed by atoms with Gasteiger partial charge in [0.2, 0.25) is 5.91 Å². The highest BCUT2D eigenvalue weighted by atomic mass is 16.6. The summed E-state index contributed by atoms with van der Waals surface area (Å²) >= 11 is 0. The van der Waals surface area contributed by atoms with Crippen LogP contribution in [0.4, 0.5) is 0 Å². The summed E-state index contributed by atoms with van der Waals surface area (Å²) in [5, 5.41) is 17.4. The van der Waals surface area contributed by atoms with Crippen molar-refractivity contribution in [2.75, 3.05) is 6.54 Å². The highest BCUT2D eigenvalue weighted by Crippen LogP contribution is 2.46. The number of hydrogen-bond acceptors (Lipinski definition) is 5. The molecular weight excluding hydrogens is 518 g/mol. The first-order valence-corrected chi connectivity index (χ1v) is 14.6. The Hall–Kier alpha value is -4.20. The number of nitrogens with one attached hydrogen (secondary N) is 1. The number of rotatable bonds is 4. The molecule has 2 aromatic carbocycles. The lowest BCUT2D eigenvalue weighted by molar-refractivity contribution is -0.144. The third kappa shape index (κ3) is 4.55. The van der Waals surface area contributed by atoms with E-state index in [0.717, 1.165) is 60.1 Å². The number of amides is 2. The molecule has 2 N–H and O–H groups in total. The molecule has 0 saturated heterocycles. The third-order valence-corrected chi connectivity index (χ3v) is 9.09. The maximum absolute atomic E-state index is 13.9. The summed E-state index contributed by atoms with van der Waals surface area (Å²) in [6.07, 6.45) is 10.2. The first-order valence-electron chi connectivity index (χ1n) is 14.6. The molecule has 2 amide bonds. The fourth-order valence-corrected chi connectivity index (χ4v) is 6.58. The van der Waals surface area contributed by atoms with Crippen LogP contribution >= 0.6 is 0 Å². The highest BCUT2D eigenvalue weighted by Gasteiger charge is 2.61. The number of carboxylic acid groups (broad SMARTS) is 1. The van der Waals surface area contributed by atoms with Gasteiger partial charge in [-0.05, 0) is 55.7 Å². The molecule has 0 radical (unpaired) electrons. The average molecular weight is 552 g/mol. The number of carbonyl (C=O) groups is 3. The number of allylic oxidation sites excluding steroid dienone is 1. The van der Waals surface area contributed by atoms with E-state index in [9.17, 15) is 19.5 Å². The van der Waals surface area contributed by atoms with Gasteiger partial charge in [-0.1, -0.05) is 65.8 Å². The van der Waals surface area contributed by atoms with Crippen molar-refractivity contribution >= 4 is 23.5 Å². The molecule has 4 atom stereocenters. The fraction of sp³-hybridized carbons (Fsp3) is 0.394. The van der Waals surface area contributed by atoms with Crippen molar-refractivity contribution in [1.29, 1.82) is 0 Å². The molecule has 0 aromatic heterocycles. The minimum Gasteiger partial charge on any atom is -0.479 e. The molecule has 2 fully saturated rings. The molecule has 8 nitrogen and oxygen atoms in total. The monoisotopic (exact) mass is 551 g/mol. The van der Waals surface area contributed by atoms with Gasteiger partial charge in [0, 0.05) is 41.6 Å². The lowest BCUT2D eigenvalue weighted by atomic mass is 9.97. The minimum atomic E-state index is -1.32. The Balaban J connectivity index is 1.20. The van der Waals surface area contributed by atoms with Crippen molar-refractivity contribution in [2.24, 2.45) is 17.0 Å². The van der Waals surface area contributed by atoms with Gasteiger partial charge in [0.25, 0.3) is 5.91 Å². The van der Waals surface area contributed by atoms with Crippen LogP contribution in [0.3, 0.4) is 0 Å². The molecule has 2 saturated carbocycles. The summed E-state index contributed by atoms with van der Waals surface area (Å²) in [6, 6.07) is 16.3. The van der Waals surface area contributed by atoms with Crippen LogP contribution in [0.5, 0.6) is 0 Å². The van der Waals surface area contributed by atoms with Crippen molar-refractivity contribution in [3.05, 3.63) is 83.5 Å². The van der Waals surface area contributed by atoms with Gasteiger partial charge in [-0.25, -0.2) is 4.79 Å². The standard InChI is InChI=1S/C33H33N3O5/c37-30-27-17-22(41-35-29-25-12-6-4-10-23(25)24-11-5-7-13-26(24)29)18-28(27)31(38)36(21-14-15-21)16-8-2-1-3-9-20-19-33(20,34-30)32(39)40/h3-7,9-13,18,20-22,27H,1-2,8,14-17,19H2,(H,34,37)(H,39,40)/b9-3-/t20-,22+,27+,33+/m0/s1. The summed E-state index contributed by atoms with van der Waals surface area (Å²) in [6.45, 7) is 0.646. The number of fused-ring (bicyclic) bond motifs is 5. The number of hydrogen-bond donors (Lipinski definition) is 2. The Morgan fingerprint density at radius 2 is 1.68 bits per heavy atom. The molecule has 210 valence electrons. The van der Waals surface area contributed by atoms with Crippen LogP contribution in [0.15, 0.2) is 77.5 Å². The van der Waals surface area contributed by atoms with E-state index in [-0.39, 0.29) is 24.3 Å². The smallest absolute Gasteiger partial charge is 0.330 e. The number of nitrogens with zero attached hydrogens (tertiary/aromatic N) is 2. The Morgan fingerprint density at radius 3 is 2.34 bits per heavy atom. The molecule has 0 spiro atoms. The van der Waals surface area contributed by atoms with Crippen molar-refractivity contribution in [3.63, 3.8) is 0 Å². The summed E-state index contributed by atoms with van der Waals surface area (Å²) in [7, 11) is 0. The Kier molecular flexibility index (Phi) is 6.29. The van der Waals surface area contributed by atoms with Crippen molar-refractivity contribution in [3.8, 4) is 11.1 Å². The minimum absolute atomic E-state index is 0.146. The van der Waals surface area contributed by atoms with E-state index in [0.29, 0.717) is 18.5 Å². The van der Waals surface area contributed by atoms with Gasteiger partial charge in [0.15, 0.2) is 0 Å². The predicted molar refractivity (Wildman–Crippen MR) is 153 cm³/mol. The molecule has 0 unspecified atom stereocenters. The van der Waals surface area contributed by atoms with E-state index >= 15 is 0 Å². The zero-order valence-electron chi connectivity index (χ0n) is 22.8. The van der Waals surface area contributed by atoms with E-state index in [1.807, 2.05) is 53.5 Å². The summed E-state index contributed by atoms with van der Waals surface area (Å²) in [5.41, 5.74) is 3.91. The predicted octanol–water partition coefficient (Wildman–Crippen LogP) is 4.44. The van der Waals surface area contributed by atoms with Crippen molar-refractivity contribution < 1.29 is 24.3 Å². The molecule has 8 heteroatoms. The van der Waals surface area contributed by atoms with Gasteiger partial charge >= 0.3 is 5.97 Å². The Morgan fingerprint density at radius 1 is 1.00 bits per heavy atom. The highest BCUT2D eigenvalue weighted by molar-refractivity contribution is 6.24. The van der Waals surface area contributed by atoms with Crippen LogP contribution < -0.4 is 5.32 Å². The summed E-state index contributed by atoms with van der Waals surface area (Å²) in [5.74, 6) is -2.68. The summed E-state index contributed by atoms with van der Waals surface area (Å²) in [4.78, 5) is 47.8. The molecular formula is C33H33N3O5. The Bertz CT molecular complexity index is 1470. The maximum atomic E-state index is 13.9. The molecule has 1 heterocycles. The van der Waals surface area contributed by atoms with Crippen LogP contribution in [0, 0.1) is 11.8 Å². The third-order valence-electron chi connectivity index (χ3n) is 9.09. The van der Waals surface area contributed by atoms with Gasteiger partial charge in [0.1, 0.15) is 17.4 Å². The van der Waals surface area contributed by atoms with Gasteiger partial charge in [-0.15, -0.1) is 0 Å². The van der Waals surface area contributed by atoms with E-state index in [1.54, 1.807) is 6.08 Å². The fourth-order valence-electron chi connectivity index (χ4n) is 6.58. The lowest BCUT2D eigenvalue weighted by Crippen LogP contribution is -2.48. The van der Waals surface area contributed by atoms with Crippen LogP contribution in [0.1, 0.15) is 56.1 Å². The zero-order chi connectivity index (χ0) is 28.1. The quantitative estimate of drug-likeness (QED) is 0.368. The van der Waals surface area contributed by atoms with E-state index < -0.39 is 29.4 Å². The van der Waals surface area contributed by atoms with E-state index in [2.05, 4.69) is 22.6 Å². The number of carboxylic acids is 1. The SMILES string of the molecule is O=C1N[C@]2(C(=O)O)C[C@@H]2/C=C\CCCCN(C2CC2)C(=O)C2=C[C@H](ON=C3c4ccccc4-c4ccccc43)C[C@@H]12. The van der Waals surface area contributed by atoms with Crippen molar-refractivity contribution in [2.45, 2.75) is 62.6 Å². The van der Waals surface area contributed by atoms with Gasteiger partial charge in [0.05, 0.1) is 5.92 Å². The van der Waals surface area contributed by atoms with Gasteiger partial charge in [-0.2, -0.15) is 0 Å². The van der Waals surface area contributed by atoms with Crippen LogP contribution in [-0.4, -0.2) is 57.7 Å². The van der Waals surface area contributed by atoms with Crippen LogP contribution in [0.2, 0.25) is 0 Å². The number of oxime groups is 1. The number of carbonyl (C=O) groups excluding carboxylic acids is 2. The largest absolute Gasteiger partial charge is 0.479 e. The second-order valence-corrected chi connectivity index (χ2v) is 11.8. The molecule has 41 heavy (non-hydrogen) atoms. The topological polar surface area (TPSA) is 108 Å². The molecule has 4 aliphatic carbocycles. The first-order chi connectivity index (χ1) is 20.0. The average Bonchev–Trinajstić information content (AvgIpc) is 3.87. The van der Waals surface area contributed by atoms with Crippen LogP contribution in [-0.2, 0) is 19.2 Å². The molecule has 1 aliphatic heterocycles. The van der Waals surface area contributed by atoms with E-state index in [4.69, 9.17) is 4.84 Å².